The molecule has 20 heavy (non-hydrogen) atoms. The van der Waals surface area contributed by atoms with E-state index in [1.807, 2.05) is 13.8 Å². The first-order chi connectivity index (χ1) is 9.49. The summed E-state index contributed by atoms with van der Waals surface area (Å²) in [5.41, 5.74) is 0. The summed E-state index contributed by atoms with van der Waals surface area (Å²) < 4.78 is 0. The number of nitrogens with zero attached hydrogens (tertiary/aromatic N) is 1. The molecule has 0 saturated heterocycles. The quantitative estimate of drug-likeness (QED) is 0.808. The molecule has 112 valence electrons. The van der Waals surface area contributed by atoms with Crippen LogP contribution in [0, 0.1) is 23.7 Å². The van der Waals surface area contributed by atoms with Crippen molar-refractivity contribution in [2.45, 2.75) is 51.6 Å². The Labute approximate surface area is 119 Å². The SMILES string of the molecule is CC(C)N(CCC(=O)O)C(=O)NC1C2C3CCC(C3)C12. The number of carbonyl (C=O) groups is 2. The molecule has 3 fully saturated rings. The Morgan fingerprint density at radius 2 is 1.85 bits per heavy atom. The van der Waals surface area contributed by atoms with Gasteiger partial charge in [0.15, 0.2) is 0 Å². The van der Waals surface area contributed by atoms with Crippen LogP contribution < -0.4 is 5.32 Å². The predicted molar refractivity (Wildman–Crippen MR) is 74.2 cm³/mol. The van der Waals surface area contributed by atoms with Crippen LogP contribution in [0.15, 0.2) is 0 Å². The highest BCUT2D eigenvalue weighted by Crippen LogP contribution is 2.65. The van der Waals surface area contributed by atoms with E-state index in [1.165, 1.54) is 19.3 Å². The number of carboxylic acid groups (broad SMARTS) is 1. The molecule has 0 heterocycles. The highest BCUT2D eigenvalue weighted by molar-refractivity contribution is 5.76. The molecule has 5 heteroatoms. The summed E-state index contributed by atoms with van der Waals surface area (Å²) in [6, 6.07) is 0.310. The number of aliphatic carboxylic acids is 1. The maximum absolute atomic E-state index is 12.3. The highest BCUT2D eigenvalue weighted by atomic mass is 16.4. The number of carbonyl (C=O) groups excluding carboxylic acids is 1. The van der Waals surface area contributed by atoms with Crippen molar-refractivity contribution >= 4 is 12.0 Å². The van der Waals surface area contributed by atoms with Crippen LogP contribution in [-0.4, -0.2) is 40.6 Å². The summed E-state index contributed by atoms with van der Waals surface area (Å²) in [6.45, 7) is 4.14. The molecule has 0 aromatic rings. The van der Waals surface area contributed by atoms with Gasteiger partial charge in [0.05, 0.1) is 6.42 Å². The zero-order chi connectivity index (χ0) is 14.4. The van der Waals surface area contributed by atoms with E-state index in [0.717, 1.165) is 11.8 Å². The lowest BCUT2D eigenvalue weighted by molar-refractivity contribution is -0.137. The number of rotatable bonds is 5. The van der Waals surface area contributed by atoms with Crippen LogP contribution in [0.3, 0.4) is 0 Å². The molecule has 2 amide bonds. The number of amides is 2. The van der Waals surface area contributed by atoms with Gasteiger partial charge in [0.1, 0.15) is 0 Å². The second-order valence-corrected chi connectivity index (χ2v) is 6.89. The molecular formula is C15H24N2O3. The fraction of sp³-hybridized carbons (Fsp3) is 0.867. The molecular weight excluding hydrogens is 256 g/mol. The minimum atomic E-state index is -0.857. The summed E-state index contributed by atoms with van der Waals surface area (Å²) in [7, 11) is 0. The maximum atomic E-state index is 12.3. The van der Waals surface area contributed by atoms with Crippen LogP contribution in [0.1, 0.15) is 39.5 Å². The summed E-state index contributed by atoms with van der Waals surface area (Å²) in [6.07, 6.45) is 4.05. The molecule has 3 aliphatic carbocycles. The van der Waals surface area contributed by atoms with Crippen LogP contribution >= 0.6 is 0 Å². The Hall–Kier alpha value is -1.26. The lowest BCUT2D eigenvalue weighted by Crippen LogP contribution is -2.46. The highest BCUT2D eigenvalue weighted by Gasteiger charge is 2.65. The lowest BCUT2D eigenvalue weighted by atomic mass is 10.0. The molecule has 5 nitrogen and oxygen atoms in total. The van der Waals surface area contributed by atoms with E-state index >= 15 is 0 Å². The fourth-order valence-corrected chi connectivity index (χ4v) is 4.55. The third-order valence-corrected chi connectivity index (χ3v) is 5.48. The first-order valence-electron chi connectivity index (χ1n) is 7.78. The second kappa shape index (κ2) is 4.93. The topological polar surface area (TPSA) is 69.6 Å². The molecule has 3 aliphatic rings. The third-order valence-electron chi connectivity index (χ3n) is 5.48. The van der Waals surface area contributed by atoms with E-state index in [9.17, 15) is 9.59 Å². The van der Waals surface area contributed by atoms with Gasteiger partial charge in [0.25, 0.3) is 0 Å². The number of carboxylic acids is 1. The molecule has 3 rings (SSSR count). The summed E-state index contributed by atoms with van der Waals surface area (Å²) >= 11 is 0. The Bertz CT molecular complexity index is 407. The van der Waals surface area contributed by atoms with E-state index in [0.29, 0.717) is 17.9 Å². The Kier molecular flexibility index (Phi) is 3.38. The van der Waals surface area contributed by atoms with Gasteiger partial charge in [0, 0.05) is 18.6 Å². The largest absolute Gasteiger partial charge is 0.481 e. The van der Waals surface area contributed by atoms with Gasteiger partial charge in [-0.15, -0.1) is 0 Å². The molecule has 2 bridgehead atoms. The molecule has 4 unspecified atom stereocenters. The van der Waals surface area contributed by atoms with Gasteiger partial charge in [0.2, 0.25) is 0 Å². The van der Waals surface area contributed by atoms with Crippen LogP contribution in [0.25, 0.3) is 0 Å². The lowest BCUT2D eigenvalue weighted by Gasteiger charge is -2.27. The molecule has 0 aromatic heterocycles. The van der Waals surface area contributed by atoms with Crippen molar-refractivity contribution in [3.8, 4) is 0 Å². The third kappa shape index (κ3) is 2.27. The number of urea groups is 1. The van der Waals surface area contributed by atoms with E-state index < -0.39 is 5.97 Å². The Morgan fingerprint density at radius 1 is 1.25 bits per heavy atom. The molecule has 3 saturated carbocycles. The minimum absolute atomic E-state index is 0.00831. The van der Waals surface area contributed by atoms with Crippen molar-refractivity contribution in [3.63, 3.8) is 0 Å². The van der Waals surface area contributed by atoms with Crippen LogP contribution in [-0.2, 0) is 4.79 Å². The zero-order valence-electron chi connectivity index (χ0n) is 12.2. The normalized spacial score (nSPS) is 36.9. The first-order valence-corrected chi connectivity index (χ1v) is 7.78. The van der Waals surface area contributed by atoms with E-state index in [2.05, 4.69) is 5.32 Å². The van der Waals surface area contributed by atoms with Gasteiger partial charge in [-0.3, -0.25) is 4.79 Å². The summed E-state index contributed by atoms with van der Waals surface area (Å²) in [5.74, 6) is 2.24. The van der Waals surface area contributed by atoms with Crippen molar-refractivity contribution in [1.29, 1.82) is 0 Å². The zero-order valence-corrected chi connectivity index (χ0v) is 12.2. The van der Waals surface area contributed by atoms with E-state index in [-0.39, 0.29) is 25.0 Å². The van der Waals surface area contributed by atoms with Gasteiger partial charge in [-0.2, -0.15) is 0 Å². The van der Waals surface area contributed by atoms with Gasteiger partial charge >= 0.3 is 12.0 Å². The first kappa shape index (κ1) is 13.7. The predicted octanol–water partition coefficient (Wildman–Crippen LogP) is 1.93. The van der Waals surface area contributed by atoms with Crippen LogP contribution in [0.2, 0.25) is 0 Å². The van der Waals surface area contributed by atoms with Crippen LogP contribution in [0.5, 0.6) is 0 Å². The minimum Gasteiger partial charge on any atom is -0.481 e. The molecule has 0 spiro atoms. The van der Waals surface area contributed by atoms with Crippen molar-refractivity contribution < 1.29 is 14.7 Å². The van der Waals surface area contributed by atoms with Crippen molar-refractivity contribution in [2.75, 3.05) is 6.54 Å². The van der Waals surface area contributed by atoms with Crippen LogP contribution in [0.4, 0.5) is 4.79 Å². The van der Waals surface area contributed by atoms with E-state index in [4.69, 9.17) is 5.11 Å². The van der Waals surface area contributed by atoms with Crippen molar-refractivity contribution in [1.82, 2.24) is 10.2 Å². The Balaban J connectivity index is 1.54. The second-order valence-electron chi connectivity index (χ2n) is 6.89. The number of nitrogens with one attached hydrogen (secondary N) is 1. The van der Waals surface area contributed by atoms with Gasteiger partial charge in [-0.25, -0.2) is 4.79 Å². The average Bonchev–Trinajstić information content (AvgIpc) is 2.77. The van der Waals surface area contributed by atoms with Gasteiger partial charge in [-0.05, 0) is 56.8 Å². The van der Waals surface area contributed by atoms with Gasteiger partial charge < -0.3 is 15.3 Å². The average molecular weight is 280 g/mol. The molecule has 4 atom stereocenters. The molecule has 0 aromatic carbocycles. The summed E-state index contributed by atoms with van der Waals surface area (Å²) in [5, 5.41) is 11.9. The van der Waals surface area contributed by atoms with Crippen molar-refractivity contribution in [3.05, 3.63) is 0 Å². The molecule has 2 N–H and O–H groups in total. The van der Waals surface area contributed by atoms with Crippen molar-refractivity contribution in [2.24, 2.45) is 23.7 Å². The molecule has 0 radical (unpaired) electrons. The number of hydrogen-bond donors (Lipinski definition) is 2. The Morgan fingerprint density at radius 3 is 2.35 bits per heavy atom. The summed E-state index contributed by atoms with van der Waals surface area (Å²) in [4.78, 5) is 24.7. The number of fused-ring (bicyclic) bond motifs is 5. The fourth-order valence-electron chi connectivity index (χ4n) is 4.55. The number of hydrogen-bond acceptors (Lipinski definition) is 2. The maximum Gasteiger partial charge on any atom is 0.317 e. The standard InChI is InChI=1S/C15H24N2O3/c1-8(2)17(6-5-11(18)19)15(20)16-14-12-9-3-4-10(7-9)13(12)14/h8-10,12-14H,3-7H2,1-2H3,(H,16,20)(H,18,19). The van der Waals surface area contributed by atoms with Gasteiger partial charge in [-0.1, -0.05) is 0 Å². The smallest absolute Gasteiger partial charge is 0.317 e. The molecule has 0 aliphatic heterocycles. The van der Waals surface area contributed by atoms with E-state index in [1.54, 1.807) is 4.90 Å². The monoisotopic (exact) mass is 280 g/mol.